The molecule has 0 atom stereocenters. The summed E-state index contributed by atoms with van der Waals surface area (Å²) in [4.78, 5) is 4.42. The summed E-state index contributed by atoms with van der Waals surface area (Å²) < 4.78 is 6.64. The van der Waals surface area contributed by atoms with E-state index in [4.69, 9.17) is 4.42 Å². The summed E-state index contributed by atoms with van der Waals surface area (Å²) in [6.07, 6.45) is 1.93. The molecule has 15 heavy (non-hydrogen) atoms. The number of hydrogen-bond donors (Lipinski definition) is 1. The fourth-order valence-electron chi connectivity index (χ4n) is 1.47. The summed E-state index contributed by atoms with van der Waals surface area (Å²) in [6, 6.07) is 5.87. The van der Waals surface area contributed by atoms with Crippen LogP contribution in [0.3, 0.4) is 0 Å². The molecule has 0 aliphatic heterocycles. The number of rotatable bonds is 4. The first-order valence-electron chi connectivity index (χ1n) is 4.99. The molecule has 0 aliphatic carbocycles. The average molecular weight is 269 g/mol. The van der Waals surface area contributed by atoms with Crippen molar-refractivity contribution >= 4 is 27.0 Å². The summed E-state index contributed by atoms with van der Waals surface area (Å²) in [5.74, 6) is 0.818. The van der Waals surface area contributed by atoms with Gasteiger partial charge in [0.25, 0.3) is 0 Å². The van der Waals surface area contributed by atoms with Gasteiger partial charge in [-0.05, 0) is 38.2 Å². The number of oxazole rings is 1. The van der Waals surface area contributed by atoms with Crippen LogP contribution in [0.15, 0.2) is 27.1 Å². The first-order chi connectivity index (χ1) is 7.29. The molecule has 1 heterocycles. The lowest BCUT2D eigenvalue weighted by atomic mass is 10.3. The Morgan fingerprint density at radius 2 is 2.33 bits per heavy atom. The fourth-order valence-corrected chi connectivity index (χ4v) is 1.82. The lowest BCUT2D eigenvalue weighted by Gasteiger charge is -1.94. The molecule has 0 radical (unpaired) electrons. The predicted octanol–water partition coefficient (Wildman–Crippen LogP) is 2.74. The third kappa shape index (κ3) is 2.58. The van der Waals surface area contributed by atoms with Crippen molar-refractivity contribution in [3.05, 3.63) is 28.6 Å². The van der Waals surface area contributed by atoms with Crippen molar-refractivity contribution in [3.8, 4) is 0 Å². The van der Waals surface area contributed by atoms with Gasteiger partial charge in [0.1, 0.15) is 5.52 Å². The molecule has 0 unspecified atom stereocenters. The molecule has 3 nitrogen and oxygen atoms in total. The lowest BCUT2D eigenvalue weighted by Crippen LogP contribution is -2.08. The van der Waals surface area contributed by atoms with Gasteiger partial charge >= 0.3 is 0 Å². The molecular formula is C11H13BrN2O. The zero-order valence-electron chi connectivity index (χ0n) is 8.59. The minimum Gasteiger partial charge on any atom is -0.441 e. The van der Waals surface area contributed by atoms with Crippen LogP contribution in [0.4, 0.5) is 0 Å². The van der Waals surface area contributed by atoms with Gasteiger partial charge in [-0.1, -0.05) is 15.9 Å². The Morgan fingerprint density at radius 1 is 1.47 bits per heavy atom. The highest BCUT2D eigenvalue weighted by Gasteiger charge is 2.05. The molecule has 4 heteroatoms. The number of hydrogen-bond acceptors (Lipinski definition) is 3. The summed E-state index contributed by atoms with van der Waals surface area (Å²) in [5.41, 5.74) is 1.78. The van der Waals surface area contributed by atoms with Gasteiger partial charge in [-0.3, -0.25) is 0 Å². The van der Waals surface area contributed by atoms with E-state index in [9.17, 15) is 0 Å². The Hall–Kier alpha value is -0.870. The smallest absolute Gasteiger partial charge is 0.195 e. The molecule has 0 bridgehead atoms. The quantitative estimate of drug-likeness (QED) is 0.867. The second-order valence-corrected chi connectivity index (χ2v) is 4.34. The number of nitrogens with zero attached hydrogens (tertiary/aromatic N) is 1. The molecule has 0 saturated carbocycles. The highest BCUT2D eigenvalue weighted by Crippen LogP contribution is 2.20. The van der Waals surface area contributed by atoms with Crippen LogP contribution in [-0.4, -0.2) is 18.6 Å². The van der Waals surface area contributed by atoms with E-state index in [0.29, 0.717) is 0 Å². The van der Waals surface area contributed by atoms with Gasteiger partial charge in [0, 0.05) is 10.9 Å². The second-order valence-electron chi connectivity index (χ2n) is 3.43. The third-order valence-electron chi connectivity index (χ3n) is 2.21. The van der Waals surface area contributed by atoms with Crippen LogP contribution in [0.2, 0.25) is 0 Å². The zero-order chi connectivity index (χ0) is 10.7. The number of aryl methyl sites for hydroxylation is 1. The van der Waals surface area contributed by atoms with Crippen LogP contribution in [-0.2, 0) is 6.42 Å². The Kier molecular flexibility index (Phi) is 3.38. The van der Waals surface area contributed by atoms with Gasteiger partial charge in [0.2, 0.25) is 0 Å². The molecule has 1 aromatic carbocycles. The third-order valence-corrected chi connectivity index (χ3v) is 2.70. The summed E-state index contributed by atoms with van der Waals surface area (Å²) in [5, 5.41) is 3.10. The molecular weight excluding hydrogens is 256 g/mol. The van der Waals surface area contributed by atoms with Gasteiger partial charge in [-0.2, -0.15) is 0 Å². The molecule has 2 aromatic rings. The monoisotopic (exact) mass is 268 g/mol. The standard InChI is InChI=1S/C11H13BrN2O/c1-13-6-2-3-11-14-9-7-8(12)4-5-10(9)15-11/h4-5,7,13H,2-3,6H2,1H3. The van der Waals surface area contributed by atoms with E-state index in [1.807, 2.05) is 25.2 Å². The summed E-state index contributed by atoms with van der Waals surface area (Å²) in [7, 11) is 1.95. The van der Waals surface area contributed by atoms with Crippen LogP contribution < -0.4 is 5.32 Å². The van der Waals surface area contributed by atoms with Gasteiger partial charge in [0.15, 0.2) is 11.5 Å². The van der Waals surface area contributed by atoms with Crippen molar-refractivity contribution in [1.82, 2.24) is 10.3 Å². The van der Waals surface area contributed by atoms with E-state index >= 15 is 0 Å². The first kappa shape index (κ1) is 10.6. The minimum atomic E-state index is 0.818. The number of halogens is 1. The molecule has 80 valence electrons. The lowest BCUT2D eigenvalue weighted by molar-refractivity contribution is 0.516. The van der Waals surface area contributed by atoms with Crippen molar-refractivity contribution in [2.24, 2.45) is 0 Å². The second kappa shape index (κ2) is 4.77. The average Bonchev–Trinajstić information content (AvgIpc) is 2.60. The Bertz CT molecular complexity index is 453. The molecule has 2 rings (SSSR count). The summed E-state index contributed by atoms with van der Waals surface area (Å²) in [6.45, 7) is 0.989. The van der Waals surface area contributed by atoms with Crippen molar-refractivity contribution in [2.75, 3.05) is 13.6 Å². The van der Waals surface area contributed by atoms with Crippen LogP contribution in [0.5, 0.6) is 0 Å². The number of aromatic nitrogens is 1. The van der Waals surface area contributed by atoms with E-state index in [1.54, 1.807) is 0 Å². The number of nitrogens with one attached hydrogen (secondary N) is 1. The van der Waals surface area contributed by atoms with Crippen molar-refractivity contribution in [2.45, 2.75) is 12.8 Å². The molecule has 0 amide bonds. The van der Waals surface area contributed by atoms with Crippen LogP contribution in [0.25, 0.3) is 11.1 Å². The molecule has 1 aromatic heterocycles. The topological polar surface area (TPSA) is 38.1 Å². The molecule has 0 aliphatic rings. The van der Waals surface area contributed by atoms with E-state index in [0.717, 1.165) is 40.8 Å². The SMILES string of the molecule is CNCCCc1nc2cc(Br)ccc2o1. The van der Waals surface area contributed by atoms with Gasteiger partial charge in [-0.25, -0.2) is 4.98 Å². The van der Waals surface area contributed by atoms with E-state index in [1.165, 1.54) is 0 Å². The molecule has 0 spiro atoms. The number of fused-ring (bicyclic) bond motifs is 1. The molecule has 1 N–H and O–H groups in total. The Labute approximate surface area is 97.0 Å². The maximum atomic E-state index is 5.61. The van der Waals surface area contributed by atoms with Crippen molar-refractivity contribution in [1.29, 1.82) is 0 Å². The fraction of sp³-hybridized carbons (Fsp3) is 0.364. The molecule has 0 fully saturated rings. The Morgan fingerprint density at radius 3 is 3.13 bits per heavy atom. The number of benzene rings is 1. The maximum absolute atomic E-state index is 5.61. The van der Waals surface area contributed by atoms with Crippen LogP contribution >= 0.6 is 15.9 Å². The largest absolute Gasteiger partial charge is 0.441 e. The van der Waals surface area contributed by atoms with Gasteiger partial charge in [-0.15, -0.1) is 0 Å². The zero-order valence-corrected chi connectivity index (χ0v) is 10.2. The Balaban J connectivity index is 2.16. The normalized spacial score (nSPS) is 11.1. The maximum Gasteiger partial charge on any atom is 0.195 e. The minimum absolute atomic E-state index is 0.818. The van der Waals surface area contributed by atoms with E-state index < -0.39 is 0 Å². The van der Waals surface area contributed by atoms with Gasteiger partial charge in [0.05, 0.1) is 0 Å². The molecule has 0 saturated heterocycles. The first-order valence-corrected chi connectivity index (χ1v) is 5.78. The van der Waals surface area contributed by atoms with E-state index in [2.05, 4.69) is 26.2 Å². The highest BCUT2D eigenvalue weighted by atomic mass is 79.9. The summed E-state index contributed by atoms with van der Waals surface area (Å²) >= 11 is 3.41. The predicted molar refractivity (Wildman–Crippen MR) is 64.0 cm³/mol. The highest BCUT2D eigenvalue weighted by molar-refractivity contribution is 9.10. The van der Waals surface area contributed by atoms with Crippen LogP contribution in [0.1, 0.15) is 12.3 Å². The van der Waals surface area contributed by atoms with Crippen molar-refractivity contribution in [3.63, 3.8) is 0 Å². The van der Waals surface area contributed by atoms with E-state index in [-0.39, 0.29) is 0 Å². The van der Waals surface area contributed by atoms with Crippen molar-refractivity contribution < 1.29 is 4.42 Å². The van der Waals surface area contributed by atoms with Gasteiger partial charge < -0.3 is 9.73 Å². The van der Waals surface area contributed by atoms with Crippen LogP contribution in [0, 0.1) is 0 Å².